The summed E-state index contributed by atoms with van der Waals surface area (Å²) in [4.78, 5) is 48.3. The number of anilines is 1. The molecule has 5 aromatic rings. The first kappa shape index (κ1) is 28.7. The van der Waals surface area contributed by atoms with Crippen molar-refractivity contribution in [2.24, 2.45) is 0 Å². The van der Waals surface area contributed by atoms with Crippen molar-refractivity contribution < 1.29 is 13.9 Å². The number of ether oxygens (including phenoxy) is 1. The zero-order chi connectivity index (χ0) is 31.7. The molecule has 0 radical (unpaired) electrons. The van der Waals surface area contributed by atoms with Gasteiger partial charge in [0.2, 0.25) is 11.7 Å². The van der Waals surface area contributed by atoms with E-state index in [-0.39, 0.29) is 42.0 Å². The van der Waals surface area contributed by atoms with Gasteiger partial charge in [0.15, 0.2) is 5.65 Å². The van der Waals surface area contributed by atoms with E-state index in [0.717, 1.165) is 22.3 Å². The smallest absolute Gasteiger partial charge is 0.301 e. The van der Waals surface area contributed by atoms with Gasteiger partial charge in [0, 0.05) is 36.3 Å². The van der Waals surface area contributed by atoms with Crippen LogP contribution in [0.25, 0.3) is 39.0 Å². The van der Waals surface area contributed by atoms with Gasteiger partial charge in [-0.05, 0) is 62.1 Å². The molecule has 1 amide bonds. The van der Waals surface area contributed by atoms with Crippen LogP contribution >= 0.6 is 0 Å². The van der Waals surface area contributed by atoms with Gasteiger partial charge in [0.05, 0.1) is 40.5 Å². The molecule has 1 saturated heterocycles. The number of pyridine rings is 3. The molecule has 2 aliphatic rings. The number of nitrogens with zero attached hydrogens (tertiary/aromatic N) is 6. The zero-order valence-electron chi connectivity index (χ0n) is 25.9. The van der Waals surface area contributed by atoms with Crippen LogP contribution in [0.5, 0.6) is 5.75 Å². The molecule has 1 N–H and O–H groups in total. The summed E-state index contributed by atoms with van der Waals surface area (Å²) in [5.74, 6) is -0.593. The Balaban J connectivity index is 1.57. The maximum atomic E-state index is 16.5. The summed E-state index contributed by atoms with van der Waals surface area (Å²) in [5, 5.41) is 0.441. The third-order valence-electron chi connectivity index (χ3n) is 9.00. The number of halogens is 1. The quantitative estimate of drug-likeness (QED) is 0.280. The van der Waals surface area contributed by atoms with Crippen molar-refractivity contribution in [3.05, 3.63) is 82.4 Å². The second-order valence-corrected chi connectivity index (χ2v) is 12.2. The van der Waals surface area contributed by atoms with Crippen LogP contribution in [0.2, 0.25) is 0 Å². The standard InChI is InChI=1S/C34H34FN7O3/c1-7-25(43)40-14-21-15-45-32-31(41(21)13-20(40)6)22-12-23(35)28(26-18(4)8-9-24-29(26)38-16-37-24)39-33(22)42(34(32)44)30-19(5)10-11-36-27(30)17(2)3/h7-12,16-17,20-21H,1,13-15H2,2-6H3,(H,37,38). The fourth-order valence-electron chi connectivity index (χ4n) is 6.79. The number of hydrogen-bond acceptors (Lipinski definition) is 7. The number of imidazole rings is 1. The predicted molar refractivity (Wildman–Crippen MR) is 172 cm³/mol. The van der Waals surface area contributed by atoms with Crippen molar-refractivity contribution in [2.45, 2.75) is 52.6 Å². The van der Waals surface area contributed by atoms with Gasteiger partial charge in [-0.15, -0.1) is 0 Å². The SMILES string of the molecule is C=CC(=O)N1CC2COc3c(c4cc(F)c(-c5c(C)ccc6[nH]cnc56)nc4n(-c4c(C)ccnc4C(C)C)c3=O)N2CC1C. The lowest BCUT2D eigenvalue weighted by Gasteiger charge is -2.48. The van der Waals surface area contributed by atoms with Crippen LogP contribution in [0, 0.1) is 19.7 Å². The van der Waals surface area contributed by atoms with Gasteiger partial charge in [-0.3, -0.25) is 19.1 Å². The summed E-state index contributed by atoms with van der Waals surface area (Å²) in [6.45, 7) is 14.5. The minimum Gasteiger partial charge on any atom is -0.484 e. The maximum absolute atomic E-state index is 16.5. The summed E-state index contributed by atoms with van der Waals surface area (Å²) >= 11 is 0. The number of fused-ring (bicyclic) bond motifs is 6. The molecule has 1 aromatic carbocycles. The summed E-state index contributed by atoms with van der Waals surface area (Å²) in [6, 6.07) is 6.68. The molecule has 4 aromatic heterocycles. The highest BCUT2D eigenvalue weighted by Gasteiger charge is 2.41. The van der Waals surface area contributed by atoms with Gasteiger partial charge >= 0.3 is 5.56 Å². The van der Waals surface area contributed by atoms with E-state index in [4.69, 9.17) is 9.72 Å². The number of nitrogens with one attached hydrogen (secondary N) is 1. The first-order valence-electron chi connectivity index (χ1n) is 15.1. The first-order valence-corrected chi connectivity index (χ1v) is 15.1. The third-order valence-corrected chi connectivity index (χ3v) is 9.00. The van der Waals surface area contributed by atoms with E-state index in [9.17, 15) is 9.59 Å². The van der Waals surface area contributed by atoms with Crippen molar-refractivity contribution in [1.29, 1.82) is 0 Å². The molecule has 230 valence electrons. The lowest BCUT2D eigenvalue weighted by molar-refractivity contribution is -0.129. The molecule has 1 fully saturated rings. The lowest BCUT2D eigenvalue weighted by Crippen LogP contribution is -2.62. The molecular weight excluding hydrogens is 573 g/mol. The number of aryl methyl sites for hydroxylation is 2. The van der Waals surface area contributed by atoms with Gasteiger partial charge in [0.1, 0.15) is 18.1 Å². The maximum Gasteiger partial charge on any atom is 0.301 e. The van der Waals surface area contributed by atoms with Crippen LogP contribution in [0.15, 0.2) is 54.2 Å². The predicted octanol–water partition coefficient (Wildman–Crippen LogP) is 5.19. The molecule has 11 heteroatoms. The van der Waals surface area contributed by atoms with Gasteiger partial charge in [-0.1, -0.05) is 26.5 Å². The molecule has 0 aliphatic carbocycles. The molecule has 2 unspecified atom stereocenters. The Morgan fingerprint density at radius 2 is 1.96 bits per heavy atom. The van der Waals surface area contributed by atoms with Crippen molar-refractivity contribution in [1.82, 2.24) is 29.4 Å². The van der Waals surface area contributed by atoms with E-state index in [1.807, 2.05) is 52.8 Å². The number of piperazine rings is 1. The van der Waals surface area contributed by atoms with E-state index in [1.54, 1.807) is 17.4 Å². The molecule has 45 heavy (non-hydrogen) atoms. The van der Waals surface area contributed by atoms with E-state index in [0.29, 0.717) is 46.6 Å². The van der Waals surface area contributed by atoms with Crippen LogP contribution in [0.4, 0.5) is 10.1 Å². The number of aromatic amines is 1. The van der Waals surface area contributed by atoms with E-state index in [1.165, 1.54) is 16.7 Å². The van der Waals surface area contributed by atoms with Gasteiger partial charge in [0.25, 0.3) is 0 Å². The Labute approximate surface area is 259 Å². The number of rotatable bonds is 4. The number of benzene rings is 1. The highest BCUT2D eigenvalue weighted by atomic mass is 19.1. The third kappa shape index (κ3) is 4.32. The van der Waals surface area contributed by atoms with Gasteiger partial charge < -0.3 is 19.5 Å². The fraction of sp³-hybridized carbons (Fsp3) is 0.324. The number of hydrogen-bond donors (Lipinski definition) is 1. The van der Waals surface area contributed by atoms with Crippen molar-refractivity contribution >= 4 is 33.7 Å². The van der Waals surface area contributed by atoms with Crippen molar-refractivity contribution in [3.8, 4) is 22.7 Å². The van der Waals surface area contributed by atoms with E-state index in [2.05, 4.69) is 26.4 Å². The van der Waals surface area contributed by atoms with Gasteiger partial charge in [-0.2, -0.15) is 0 Å². The molecule has 0 saturated carbocycles. The molecular formula is C34H34FN7O3. The van der Waals surface area contributed by atoms with Crippen LogP contribution in [-0.4, -0.2) is 67.1 Å². The van der Waals surface area contributed by atoms with Crippen LogP contribution in [0.1, 0.15) is 43.5 Å². The average Bonchev–Trinajstić information content (AvgIpc) is 3.50. The molecule has 7 rings (SSSR count). The minimum absolute atomic E-state index is 0.0144. The Kier molecular flexibility index (Phi) is 6.72. The summed E-state index contributed by atoms with van der Waals surface area (Å²) < 4.78 is 24.3. The number of carbonyl (C=O) groups excluding carboxylic acids is 1. The van der Waals surface area contributed by atoms with Crippen LogP contribution in [-0.2, 0) is 4.79 Å². The first-order chi connectivity index (χ1) is 21.6. The molecule has 0 bridgehead atoms. The number of amides is 1. The monoisotopic (exact) mass is 607 g/mol. The molecule has 0 spiro atoms. The molecule has 10 nitrogen and oxygen atoms in total. The Hall–Kier alpha value is -5.06. The number of carbonyl (C=O) groups is 1. The molecule has 2 atom stereocenters. The summed E-state index contributed by atoms with van der Waals surface area (Å²) in [6.07, 6.45) is 4.61. The van der Waals surface area contributed by atoms with Gasteiger partial charge in [-0.25, -0.2) is 14.4 Å². The van der Waals surface area contributed by atoms with E-state index >= 15 is 4.39 Å². The molecule has 6 heterocycles. The average molecular weight is 608 g/mol. The number of H-pyrrole nitrogens is 1. The van der Waals surface area contributed by atoms with Crippen LogP contribution in [0.3, 0.4) is 0 Å². The normalized spacial score (nSPS) is 17.8. The molecule has 2 aliphatic heterocycles. The topological polar surface area (TPSA) is 109 Å². The van der Waals surface area contributed by atoms with Crippen molar-refractivity contribution in [2.75, 3.05) is 24.6 Å². The highest BCUT2D eigenvalue weighted by molar-refractivity contribution is 5.99. The van der Waals surface area contributed by atoms with Crippen molar-refractivity contribution in [3.63, 3.8) is 0 Å². The lowest BCUT2D eigenvalue weighted by atomic mass is 9.99. The fourth-order valence-corrected chi connectivity index (χ4v) is 6.79. The van der Waals surface area contributed by atoms with E-state index < -0.39 is 11.4 Å². The second-order valence-electron chi connectivity index (χ2n) is 12.2. The highest BCUT2D eigenvalue weighted by Crippen LogP contribution is 2.43. The Morgan fingerprint density at radius 3 is 2.71 bits per heavy atom. The Bertz CT molecular complexity index is 2100. The Morgan fingerprint density at radius 1 is 1.16 bits per heavy atom. The largest absolute Gasteiger partial charge is 0.484 e. The summed E-state index contributed by atoms with van der Waals surface area (Å²) in [5.41, 5.74) is 5.32. The van der Waals surface area contributed by atoms with Crippen LogP contribution < -0.4 is 15.2 Å². The minimum atomic E-state index is -0.545. The summed E-state index contributed by atoms with van der Waals surface area (Å²) in [7, 11) is 0. The number of aromatic nitrogens is 5. The second kappa shape index (κ2) is 10.5. The zero-order valence-corrected chi connectivity index (χ0v) is 25.9.